The van der Waals surface area contributed by atoms with Crippen LogP contribution in [0.3, 0.4) is 0 Å². The summed E-state index contributed by atoms with van der Waals surface area (Å²) in [6.07, 6.45) is 4.75. The van der Waals surface area contributed by atoms with E-state index in [1.165, 1.54) is 0 Å². The van der Waals surface area contributed by atoms with Crippen LogP contribution in [0.25, 0.3) is 0 Å². The molecule has 18 heavy (non-hydrogen) atoms. The summed E-state index contributed by atoms with van der Waals surface area (Å²) in [5.74, 6) is 0.781. The molecule has 0 aromatic heterocycles. The minimum atomic E-state index is -0.634. The highest BCUT2D eigenvalue weighted by atomic mass is 16.2. The van der Waals surface area contributed by atoms with Gasteiger partial charge in [-0.1, -0.05) is 13.3 Å². The van der Waals surface area contributed by atoms with E-state index in [9.17, 15) is 4.79 Å². The first-order valence-electron chi connectivity index (χ1n) is 6.83. The standard InChI is InChI=1S/C13H26N4O/c1-4-10-5-7-13(8-6-10,11(14)15)17-12(18)16-9(2)3/h9-10H,4-8H2,1-3H3,(H3,14,15)(H2,16,17,18). The Morgan fingerprint density at radius 2 is 2.00 bits per heavy atom. The molecule has 5 heteroatoms. The van der Waals surface area contributed by atoms with Crippen molar-refractivity contribution < 1.29 is 4.79 Å². The number of nitrogens with one attached hydrogen (secondary N) is 3. The molecule has 0 aromatic carbocycles. The van der Waals surface area contributed by atoms with E-state index >= 15 is 0 Å². The van der Waals surface area contributed by atoms with E-state index in [0.717, 1.165) is 32.1 Å². The predicted molar refractivity (Wildman–Crippen MR) is 73.7 cm³/mol. The summed E-state index contributed by atoms with van der Waals surface area (Å²) in [4.78, 5) is 11.8. The van der Waals surface area contributed by atoms with Crippen molar-refractivity contribution in [3.8, 4) is 0 Å². The lowest BCUT2D eigenvalue weighted by Crippen LogP contribution is -2.61. The van der Waals surface area contributed by atoms with E-state index < -0.39 is 5.54 Å². The van der Waals surface area contributed by atoms with Crippen molar-refractivity contribution in [2.75, 3.05) is 0 Å². The molecule has 1 rings (SSSR count). The van der Waals surface area contributed by atoms with E-state index in [1.54, 1.807) is 0 Å². The second-order valence-corrected chi connectivity index (χ2v) is 5.60. The molecule has 0 unspecified atom stereocenters. The van der Waals surface area contributed by atoms with Crippen molar-refractivity contribution >= 4 is 11.9 Å². The van der Waals surface area contributed by atoms with Crippen LogP contribution in [0.15, 0.2) is 0 Å². The molecule has 1 aliphatic rings. The molecule has 0 radical (unpaired) electrons. The van der Waals surface area contributed by atoms with E-state index in [4.69, 9.17) is 11.1 Å². The SMILES string of the molecule is CCC1CCC(NC(=O)NC(C)C)(C(=N)N)CC1. The molecule has 1 aliphatic carbocycles. The van der Waals surface area contributed by atoms with Gasteiger partial charge in [-0.15, -0.1) is 0 Å². The van der Waals surface area contributed by atoms with Gasteiger partial charge in [0.25, 0.3) is 0 Å². The molecule has 104 valence electrons. The number of carbonyl (C=O) groups excluding carboxylic acids is 1. The fourth-order valence-electron chi connectivity index (χ4n) is 2.56. The van der Waals surface area contributed by atoms with Gasteiger partial charge >= 0.3 is 6.03 Å². The normalized spacial score (nSPS) is 27.9. The van der Waals surface area contributed by atoms with E-state index in [-0.39, 0.29) is 17.9 Å². The molecule has 2 amide bonds. The van der Waals surface area contributed by atoms with Gasteiger partial charge in [0, 0.05) is 6.04 Å². The molecular formula is C13H26N4O. The molecule has 0 aromatic rings. The van der Waals surface area contributed by atoms with Gasteiger partial charge in [0.15, 0.2) is 0 Å². The Morgan fingerprint density at radius 3 is 2.39 bits per heavy atom. The summed E-state index contributed by atoms with van der Waals surface area (Å²) >= 11 is 0. The molecule has 0 aliphatic heterocycles. The molecule has 5 N–H and O–H groups in total. The Balaban J connectivity index is 2.65. The number of rotatable bonds is 4. The molecule has 0 atom stereocenters. The summed E-state index contributed by atoms with van der Waals surface area (Å²) in [5.41, 5.74) is 5.07. The third kappa shape index (κ3) is 3.62. The van der Waals surface area contributed by atoms with E-state index in [1.807, 2.05) is 13.8 Å². The molecular weight excluding hydrogens is 228 g/mol. The second-order valence-electron chi connectivity index (χ2n) is 5.60. The molecule has 5 nitrogen and oxygen atoms in total. The summed E-state index contributed by atoms with van der Waals surface area (Å²) in [5, 5.41) is 13.5. The molecule has 0 heterocycles. The largest absolute Gasteiger partial charge is 0.386 e. The lowest BCUT2D eigenvalue weighted by Gasteiger charge is -2.39. The predicted octanol–water partition coefficient (Wildman–Crippen LogP) is 1.97. The van der Waals surface area contributed by atoms with Crippen LogP contribution in [0.1, 0.15) is 52.9 Å². The minimum absolute atomic E-state index is 0.0796. The zero-order valence-corrected chi connectivity index (χ0v) is 11.7. The van der Waals surface area contributed by atoms with Crippen LogP contribution in [-0.4, -0.2) is 23.4 Å². The summed E-state index contributed by atoms with van der Waals surface area (Å²) in [6.45, 7) is 6.01. The quantitative estimate of drug-likeness (QED) is 0.456. The number of nitrogens with two attached hydrogens (primary N) is 1. The van der Waals surface area contributed by atoms with Crippen molar-refractivity contribution in [2.45, 2.75) is 64.5 Å². The van der Waals surface area contributed by atoms with Gasteiger partial charge in [0.2, 0.25) is 0 Å². The Kier molecular flexibility index (Phi) is 4.99. The molecule has 1 saturated carbocycles. The number of carbonyl (C=O) groups is 1. The van der Waals surface area contributed by atoms with Crippen LogP contribution < -0.4 is 16.4 Å². The van der Waals surface area contributed by atoms with Crippen LogP contribution in [-0.2, 0) is 0 Å². The molecule has 0 spiro atoms. The zero-order valence-electron chi connectivity index (χ0n) is 11.7. The van der Waals surface area contributed by atoms with Crippen molar-refractivity contribution in [2.24, 2.45) is 11.7 Å². The van der Waals surface area contributed by atoms with Gasteiger partial charge in [0.1, 0.15) is 5.84 Å². The number of hydrogen-bond donors (Lipinski definition) is 4. The summed E-state index contributed by atoms with van der Waals surface area (Å²) < 4.78 is 0. The van der Waals surface area contributed by atoms with Crippen LogP contribution >= 0.6 is 0 Å². The van der Waals surface area contributed by atoms with Gasteiger partial charge in [-0.05, 0) is 45.4 Å². The highest BCUT2D eigenvalue weighted by Crippen LogP contribution is 2.33. The van der Waals surface area contributed by atoms with Crippen molar-refractivity contribution in [3.63, 3.8) is 0 Å². The van der Waals surface area contributed by atoms with Gasteiger partial charge in [-0.3, -0.25) is 5.41 Å². The van der Waals surface area contributed by atoms with Crippen LogP contribution in [0.2, 0.25) is 0 Å². The van der Waals surface area contributed by atoms with Crippen LogP contribution in [0.4, 0.5) is 4.79 Å². The minimum Gasteiger partial charge on any atom is -0.386 e. The monoisotopic (exact) mass is 254 g/mol. The maximum atomic E-state index is 11.8. The summed E-state index contributed by atoms with van der Waals surface area (Å²) in [6, 6.07) is -0.142. The first-order chi connectivity index (χ1) is 8.39. The smallest absolute Gasteiger partial charge is 0.315 e. The fourth-order valence-corrected chi connectivity index (χ4v) is 2.56. The molecule has 0 saturated heterocycles. The fraction of sp³-hybridized carbons (Fsp3) is 0.846. The molecule has 1 fully saturated rings. The maximum absolute atomic E-state index is 11.8. The van der Waals surface area contributed by atoms with Gasteiger partial charge in [-0.25, -0.2) is 4.79 Å². The maximum Gasteiger partial charge on any atom is 0.315 e. The third-order valence-electron chi connectivity index (χ3n) is 3.82. The lowest BCUT2D eigenvalue weighted by molar-refractivity contribution is 0.209. The lowest BCUT2D eigenvalue weighted by atomic mass is 9.75. The van der Waals surface area contributed by atoms with Gasteiger partial charge in [-0.2, -0.15) is 0 Å². The Hall–Kier alpha value is -1.26. The van der Waals surface area contributed by atoms with Crippen molar-refractivity contribution in [1.82, 2.24) is 10.6 Å². The number of urea groups is 1. The Labute approximate surface area is 109 Å². The average molecular weight is 254 g/mol. The first kappa shape index (κ1) is 14.8. The van der Waals surface area contributed by atoms with E-state index in [2.05, 4.69) is 17.6 Å². The number of amidine groups is 1. The van der Waals surface area contributed by atoms with Crippen LogP contribution in [0.5, 0.6) is 0 Å². The molecule has 0 bridgehead atoms. The zero-order chi connectivity index (χ0) is 13.8. The van der Waals surface area contributed by atoms with E-state index in [0.29, 0.717) is 5.92 Å². The second kappa shape index (κ2) is 6.07. The van der Waals surface area contributed by atoms with Gasteiger partial charge in [0.05, 0.1) is 5.54 Å². The van der Waals surface area contributed by atoms with Crippen LogP contribution in [0, 0.1) is 11.3 Å². The summed E-state index contributed by atoms with van der Waals surface area (Å²) in [7, 11) is 0. The topological polar surface area (TPSA) is 91.0 Å². The van der Waals surface area contributed by atoms with Gasteiger partial charge < -0.3 is 16.4 Å². The number of hydrogen-bond acceptors (Lipinski definition) is 2. The average Bonchev–Trinajstić information content (AvgIpc) is 2.28. The van der Waals surface area contributed by atoms with Crippen molar-refractivity contribution in [3.05, 3.63) is 0 Å². The third-order valence-corrected chi connectivity index (χ3v) is 3.82. The Bertz CT molecular complexity index is 306. The van der Waals surface area contributed by atoms with Crippen molar-refractivity contribution in [1.29, 1.82) is 5.41 Å². The highest BCUT2D eigenvalue weighted by Gasteiger charge is 2.39. The highest BCUT2D eigenvalue weighted by molar-refractivity contribution is 5.91. The number of amides is 2. The Morgan fingerprint density at radius 1 is 1.44 bits per heavy atom. The first-order valence-corrected chi connectivity index (χ1v) is 6.83.